The second kappa shape index (κ2) is 1.30. The molecule has 0 aromatic heterocycles. The molecule has 7 heavy (non-hydrogen) atoms. The summed E-state index contributed by atoms with van der Waals surface area (Å²) in [4.78, 5) is 10.4. The van der Waals surface area contributed by atoms with Gasteiger partial charge in [0.1, 0.15) is 5.78 Å². The van der Waals surface area contributed by atoms with Crippen LogP contribution in [-0.4, -0.2) is 17.9 Å². The quantitative estimate of drug-likeness (QED) is 0.467. The molecule has 0 aromatic rings. The number of Topliss-reactive ketones (excluding diaryl/α,β-unsaturated/α-hetero) is 1. The number of hydrogen-bond acceptors (Lipinski definition) is 2. The van der Waals surface area contributed by atoms with E-state index in [1.807, 2.05) is 6.92 Å². The Balaban J connectivity index is 2.33. The SMILES string of the molecule is CC(=O)C1NC1C. The van der Waals surface area contributed by atoms with Gasteiger partial charge in [-0.2, -0.15) is 0 Å². The van der Waals surface area contributed by atoms with Crippen LogP contribution in [0.1, 0.15) is 13.8 Å². The number of hydrogen-bond donors (Lipinski definition) is 1. The maximum Gasteiger partial charge on any atom is 0.148 e. The molecule has 1 aliphatic rings. The average Bonchev–Trinajstić information content (AvgIpc) is 2.17. The first-order chi connectivity index (χ1) is 3.22. The van der Waals surface area contributed by atoms with E-state index in [1.165, 1.54) is 0 Å². The summed E-state index contributed by atoms with van der Waals surface area (Å²) in [6.45, 7) is 3.62. The third-order valence-corrected chi connectivity index (χ3v) is 1.27. The van der Waals surface area contributed by atoms with Crippen molar-refractivity contribution in [2.75, 3.05) is 0 Å². The summed E-state index contributed by atoms with van der Waals surface area (Å²) >= 11 is 0. The minimum Gasteiger partial charge on any atom is -0.302 e. The molecule has 1 N–H and O–H groups in total. The number of carbonyl (C=O) groups excluding carboxylic acids is 1. The fourth-order valence-electron chi connectivity index (χ4n) is 0.697. The van der Waals surface area contributed by atoms with Gasteiger partial charge in [-0.15, -0.1) is 0 Å². The van der Waals surface area contributed by atoms with Crippen molar-refractivity contribution in [1.29, 1.82) is 0 Å². The fourth-order valence-corrected chi connectivity index (χ4v) is 0.697. The Morgan fingerprint density at radius 2 is 2.14 bits per heavy atom. The van der Waals surface area contributed by atoms with E-state index < -0.39 is 0 Å². The minimum atomic E-state index is 0.181. The molecular weight excluding hydrogens is 90.1 g/mol. The molecule has 0 aliphatic carbocycles. The normalized spacial score (nSPS) is 38.0. The fraction of sp³-hybridized carbons (Fsp3) is 0.800. The molecule has 1 saturated heterocycles. The zero-order valence-corrected chi connectivity index (χ0v) is 4.56. The Labute approximate surface area is 42.9 Å². The molecule has 1 aliphatic heterocycles. The predicted molar refractivity (Wildman–Crippen MR) is 27.1 cm³/mol. The highest BCUT2D eigenvalue weighted by Crippen LogP contribution is 2.08. The smallest absolute Gasteiger partial charge is 0.148 e. The summed E-state index contributed by atoms with van der Waals surface area (Å²) < 4.78 is 0. The number of carbonyl (C=O) groups is 1. The average molecular weight is 99.1 g/mol. The Kier molecular flexibility index (Phi) is 0.889. The monoisotopic (exact) mass is 99.1 g/mol. The van der Waals surface area contributed by atoms with Gasteiger partial charge in [-0.05, 0) is 13.8 Å². The van der Waals surface area contributed by atoms with Crippen molar-refractivity contribution < 1.29 is 4.79 Å². The van der Waals surface area contributed by atoms with Crippen LogP contribution in [0.3, 0.4) is 0 Å². The van der Waals surface area contributed by atoms with E-state index in [-0.39, 0.29) is 11.8 Å². The molecule has 0 saturated carbocycles. The molecule has 1 fully saturated rings. The molecular formula is C5H9NO. The Bertz CT molecular complexity index is 100. The molecule has 2 nitrogen and oxygen atoms in total. The van der Waals surface area contributed by atoms with E-state index in [4.69, 9.17) is 0 Å². The zero-order valence-electron chi connectivity index (χ0n) is 4.56. The molecule has 2 unspecified atom stereocenters. The Morgan fingerprint density at radius 1 is 1.71 bits per heavy atom. The van der Waals surface area contributed by atoms with Gasteiger partial charge in [0.15, 0.2) is 0 Å². The third kappa shape index (κ3) is 0.800. The van der Waals surface area contributed by atoms with Crippen LogP contribution in [0.25, 0.3) is 0 Å². The second-order valence-electron chi connectivity index (χ2n) is 2.04. The number of ketones is 1. The summed E-state index contributed by atoms with van der Waals surface area (Å²) in [5.74, 6) is 0.257. The van der Waals surface area contributed by atoms with Gasteiger partial charge in [0.25, 0.3) is 0 Å². The van der Waals surface area contributed by atoms with E-state index in [0.717, 1.165) is 0 Å². The van der Waals surface area contributed by atoms with E-state index in [0.29, 0.717) is 6.04 Å². The zero-order chi connectivity index (χ0) is 5.44. The van der Waals surface area contributed by atoms with Crippen LogP contribution in [-0.2, 0) is 4.79 Å². The second-order valence-corrected chi connectivity index (χ2v) is 2.04. The van der Waals surface area contributed by atoms with Crippen molar-refractivity contribution >= 4 is 5.78 Å². The van der Waals surface area contributed by atoms with E-state index >= 15 is 0 Å². The molecule has 1 heterocycles. The van der Waals surface area contributed by atoms with Gasteiger partial charge in [-0.25, -0.2) is 0 Å². The summed E-state index contributed by atoms with van der Waals surface area (Å²) in [5, 5.41) is 2.98. The van der Waals surface area contributed by atoms with Crippen LogP contribution >= 0.6 is 0 Å². The molecule has 1 rings (SSSR count). The lowest BCUT2D eigenvalue weighted by atomic mass is 10.3. The Morgan fingerprint density at radius 3 is 2.14 bits per heavy atom. The number of rotatable bonds is 1. The van der Waals surface area contributed by atoms with Crippen molar-refractivity contribution in [3.8, 4) is 0 Å². The molecule has 0 spiro atoms. The van der Waals surface area contributed by atoms with Crippen LogP contribution in [0.2, 0.25) is 0 Å². The maximum atomic E-state index is 10.4. The van der Waals surface area contributed by atoms with Crippen LogP contribution < -0.4 is 5.32 Å². The molecule has 0 amide bonds. The van der Waals surface area contributed by atoms with Gasteiger partial charge >= 0.3 is 0 Å². The van der Waals surface area contributed by atoms with Crippen LogP contribution in [0, 0.1) is 0 Å². The van der Waals surface area contributed by atoms with Crippen molar-refractivity contribution in [2.45, 2.75) is 25.9 Å². The lowest BCUT2D eigenvalue weighted by Gasteiger charge is -1.77. The molecule has 40 valence electrons. The first-order valence-corrected chi connectivity index (χ1v) is 2.48. The van der Waals surface area contributed by atoms with Crippen molar-refractivity contribution in [2.24, 2.45) is 0 Å². The third-order valence-electron chi connectivity index (χ3n) is 1.27. The van der Waals surface area contributed by atoms with Gasteiger partial charge in [-0.1, -0.05) is 0 Å². The van der Waals surface area contributed by atoms with Gasteiger partial charge in [-0.3, -0.25) is 4.79 Å². The van der Waals surface area contributed by atoms with Crippen LogP contribution in [0.5, 0.6) is 0 Å². The molecule has 0 bridgehead atoms. The predicted octanol–water partition coefficient (Wildman–Crippen LogP) is -0.0643. The first-order valence-electron chi connectivity index (χ1n) is 2.48. The van der Waals surface area contributed by atoms with Crippen molar-refractivity contribution in [3.63, 3.8) is 0 Å². The highest BCUT2D eigenvalue weighted by atomic mass is 16.1. The Hall–Kier alpha value is -0.370. The van der Waals surface area contributed by atoms with Gasteiger partial charge in [0.05, 0.1) is 6.04 Å². The largest absolute Gasteiger partial charge is 0.302 e. The summed E-state index contributed by atoms with van der Waals surface area (Å²) in [6, 6.07) is 0.623. The first kappa shape index (κ1) is 4.78. The van der Waals surface area contributed by atoms with Gasteiger partial charge in [0.2, 0.25) is 0 Å². The summed E-state index contributed by atoms with van der Waals surface area (Å²) in [7, 11) is 0. The number of nitrogens with one attached hydrogen (secondary N) is 1. The van der Waals surface area contributed by atoms with E-state index in [9.17, 15) is 4.79 Å². The maximum absolute atomic E-state index is 10.4. The molecule has 0 aromatic carbocycles. The van der Waals surface area contributed by atoms with Crippen LogP contribution in [0.15, 0.2) is 0 Å². The molecule has 2 heteroatoms. The van der Waals surface area contributed by atoms with E-state index in [2.05, 4.69) is 5.32 Å². The van der Waals surface area contributed by atoms with Gasteiger partial charge < -0.3 is 5.32 Å². The molecule has 0 radical (unpaired) electrons. The summed E-state index contributed by atoms with van der Waals surface area (Å²) in [5.41, 5.74) is 0. The highest BCUT2D eigenvalue weighted by Gasteiger charge is 2.34. The minimum absolute atomic E-state index is 0.181. The van der Waals surface area contributed by atoms with Crippen molar-refractivity contribution in [1.82, 2.24) is 5.32 Å². The highest BCUT2D eigenvalue weighted by molar-refractivity contribution is 5.85. The lowest BCUT2D eigenvalue weighted by Crippen LogP contribution is -2.03. The lowest BCUT2D eigenvalue weighted by molar-refractivity contribution is -0.116. The topological polar surface area (TPSA) is 39.0 Å². The standard InChI is InChI=1S/C5H9NO/c1-3-5(6-3)4(2)7/h3,5-6H,1-2H3. The van der Waals surface area contributed by atoms with Gasteiger partial charge in [0, 0.05) is 6.04 Å². The van der Waals surface area contributed by atoms with E-state index in [1.54, 1.807) is 6.92 Å². The van der Waals surface area contributed by atoms with Crippen LogP contribution in [0.4, 0.5) is 0 Å². The summed E-state index contributed by atoms with van der Waals surface area (Å²) in [6.07, 6.45) is 0. The van der Waals surface area contributed by atoms with Crippen molar-refractivity contribution in [3.05, 3.63) is 0 Å². The molecule has 2 atom stereocenters.